The van der Waals surface area contributed by atoms with Crippen molar-refractivity contribution >= 4 is 44.6 Å². The molecule has 2 aliphatic rings. The van der Waals surface area contributed by atoms with Gasteiger partial charge in [-0.1, -0.05) is 15.9 Å². The molecule has 1 aliphatic heterocycles. The summed E-state index contributed by atoms with van der Waals surface area (Å²) in [6.45, 7) is 2.88. The molecule has 28 heavy (non-hydrogen) atoms. The third-order valence-corrected chi connectivity index (χ3v) is 5.50. The van der Waals surface area contributed by atoms with Gasteiger partial charge in [-0.05, 0) is 55.5 Å². The molecule has 0 bridgehead atoms. The highest BCUT2D eigenvalue weighted by Crippen LogP contribution is 2.41. The summed E-state index contributed by atoms with van der Waals surface area (Å²) >= 11 is 3.43. The SMILES string of the molecule is Cc1cc(Br)ccc1Nc1c(C(=O)NOCC2CC2)cc2c(c1F)N(C)CN2. The van der Waals surface area contributed by atoms with Gasteiger partial charge in [0.2, 0.25) is 0 Å². The first-order valence-electron chi connectivity index (χ1n) is 9.21. The van der Waals surface area contributed by atoms with E-state index in [0.29, 0.717) is 30.6 Å². The van der Waals surface area contributed by atoms with Crippen molar-refractivity contribution in [3.05, 3.63) is 45.7 Å². The summed E-state index contributed by atoms with van der Waals surface area (Å²) in [4.78, 5) is 19.8. The van der Waals surface area contributed by atoms with Crippen LogP contribution in [-0.2, 0) is 4.84 Å². The first-order valence-corrected chi connectivity index (χ1v) is 10.00. The van der Waals surface area contributed by atoms with Crippen LogP contribution in [-0.4, -0.2) is 26.2 Å². The van der Waals surface area contributed by atoms with Gasteiger partial charge in [-0.3, -0.25) is 9.63 Å². The van der Waals surface area contributed by atoms with E-state index in [1.54, 1.807) is 18.0 Å². The normalized spacial score (nSPS) is 15.2. The van der Waals surface area contributed by atoms with Crippen molar-refractivity contribution in [2.45, 2.75) is 19.8 Å². The number of carbonyl (C=O) groups is 1. The number of aryl methyl sites for hydroxylation is 1. The molecule has 1 fully saturated rings. The Balaban J connectivity index is 1.69. The van der Waals surface area contributed by atoms with Gasteiger partial charge in [0.1, 0.15) is 0 Å². The van der Waals surface area contributed by atoms with E-state index in [2.05, 4.69) is 32.0 Å². The highest BCUT2D eigenvalue weighted by Gasteiger charge is 2.28. The van der Waals surface area contributed by atoms with E-state index >= 15 is 4.39 Å². The highest BCUT2D eigenvalue weighted by atomic mass is 79.9. The van der Waals surface area contributed by atoms with E-state index < -0.39 is 11.7 Å². The molecule has 1 saturated carbocycles. The summed E-state index contributed by atoms with van der Waals surface area (Å²) in [5.74, 6) is -0.439. The molecule has 0 aromatic heterocycles. The average molecular weight is 449 g/mol. The second kappa shape index (κ2) is 7.60. The minimum atomic E-state index is -0.476. The van der Waals surface area contributed by atoms with Crippen LogP contribution < -0.4 is 21.0 Å². The number of halogens is 2. The number of amides is 1. The Labute approximate surface area is 171 Å². The molecule has 2 aromatic carbocycles. The van der Waals surface area contributed by atoms with Crippen LogP contribution >= 0.6 is 15.9 Å². The number of fused-ring (bicyclic) bond motifs is 1. The molecule has 2 aromatic rings. The Morgan fingerprint density at radius 2 is 2.18 bits per heavy atom. The lowest BCUT2D eigenvalue weighted by molar-refractivity contribution is 0.0271. The molecule has 1 aliphatic carbocycles. The number of anilines is 4. The highest BCUT2D eigenvalue weighted by molar-refractivity contribution is 9.10. The Morgan fingerprint density at radius 1 is 1.39 bits per heavy atom. The maximum Gasteiger partial charge on any atom is 0.277 e. The second-order valence-corrected chi connectivity index (χ2v) is 8.23. The van der Waals surface area contributed by atoms with Crippen molar-refractivity contribution in [2.24, 2.45) is 5.92 Å². The molecule has 148 valence electrons. The summed E-state index contributed by atoms with van der Waals surface area (Å²) < 4.78 is 16.4. The zero-order valence-corrected chi connectivity index (χ0v) is 17.3. The van der Waals surface area contributed by atoms with Crippen molar-refractivity contribution in [3.8, 4) is 0 Å². The molecule has 0 unspecified atom stereocenters. The maximum absolute atomic E-state index is 15.4. The smallest absolute Gasteiger partial charge is 0.277 e. The molecular formula is C20H22BrFN4O2. The fourth-order valence-electron chi connectivity index (χ4n) is 3.20. The molecule has 3 N–H and O–H groups in total. The van der Waals surface area contributed by atoms with Crippen LogP contribution in [0.25, 0.3) is 0 Å². The third-order valence-electron chi connectivity index (χ3n) is 5.00. The van der Waals surface area contributed by atoms with Gasteiger partial charge in [-0.2, -0.15) is 0 Å². The number of carbonyl (C=O) groups excluding carboxylic acids is 1. The van der Waals surface area contributed by atoms with Crippen molar-refractivity contribution in [2.75, 3.05) is 35.9 Å². The topological polar surface area (TPSA) is 65.6 Å². The number of hydrogen-bond donors (Lipinski definition) is 3. The number of nitrogens with one attached hydrogen (secondary N) is 3. The summed E-state index contributed by atoms with van der Waals surface area (Å²) in [6, 6.07) is 7.31. The molecule has 0 spiro atoms. The maximum atomic E-state index is 15.4. The van der Waals surface area contributed by atoms with Gasteiger partial charge >= 0.3 is 0 Å². The van der Waals surface area contributed by atoms with E-state index in [1.807, 2.05) is 25.1 Å². The van der Waals surface area contributed by atoms with Gasteiger partial charge in [0.25, 0.3) is 5.91 Å². The molecule has 1 amide bonds. The van der Waals surface area contributed by atoms with Crippen LogP contribution in [0.15, 0.2) is 28.7 Å². The van der Waals surface area contributed by atoms with Crippen molar-refractivity contribution in [1.29, 1.82) is 0 Å². The Bertz CT molecular complexity index is 933. The second-order valence-electron chi connectivity index (χ2n) is 7.31. The third kappa shape index (κ3) is 3.79. The van der Waals surface area contributed by atoms with Crippen LogP contribution in [0.1, 0.15) is 28.8 Å². The molecule has 4 rings (SSSR count). The average Bonchev–Trinajstić information content (AvgIpc) is 3.40. The van der Waals surface area contributed by atoms with Crippen LogP contribution in [0.2, 0.25) is 0 Å². The van der Waals surface area contributed by atoms with Crippen LogP contribution in [0.4, 0.5) is 27.1 Å². The van der Waals surface area contributed by atoms with Gasteiger partial charge in [0.15, 0.2) is 5.82 Å². The first-order chi connectivity index (χ1) is 13.4. The zero-order valence-electron chi connectivity index (χ0n) is 15.7. The summed E-state index contributed by atoms with van der Waals surface area (Å²) in [5.41, 5.74) is 5.46. The van der Waals surface area contributed by atoms with Gasteiger partial charge in [-0.15, -0.1) is 0 Å². The number of hydroxylamine groups is 1. The lowest BCUT2D eigenvalue weighted by atomic mass is 10.1. The largest absolute Gasteiger partial charge is 0.366 e. The predicted molar refractivity (Wildman–Crippen MR) is 112 cm³/mol. The number of hydrogen-bond acceptors (Lipinski definition) is 5. The molecule has 1 heterocycles. The fraction of sp³-hybridized carbons (Fsp3) is 0.350. The van der Waals surface area contributed by atoms with Crippen molar-refractivity contribution in [1.82, 2.24) is 5.48 Å². The lowest BCUT2D eigenvalue weighted by Gasteiger charge is -2.19. The zero-order chi connectivity index (χ0) is 19.8. The molecule has 0 atom stereocenters. The van der Waals surface area contributed by atoms with E-state index in [-0.39, 0.29) is 11.3 Å². The molecule has 8 heteroatoms. The van der Waals surface area contributed by atoms with Crippen LogP contribution in [0, 0.1) is 18.7 Å². The Hall–Kier alpha value is -2.32. The molecule has 0 saturated heterocycles. The van der Waals surface area contributed by atoms with E-state index in [9.17, 15) is 4.79 Å². The predicted octanol–water partition coefficient (Wildman–Crippen LogP) is 4.53. The number of rotatable bonds is 6. The fourth-order valence-corrected chi connectivity index (χ4v) is 3.67. The standard InChI is InChI=1S/C20H22BrFN4O2/c1-11-7-13(21)5-6-15(11)24-18-14(20(27)25-28-9-12-3-4-12)8-16-19(17(18)22)26(2)10-23-16/h5-8,12,23-24H,3-4,9-10H2,1-2H3,(H,25,27). The summed E-state index contributed by atoms with van der Waals surface area (Å²) in [6.07, 6.45) is 2.24. The Kier molecular flexibility index (Phi) is 5.16. The van der Waals surface area contributed by atoms with Gasteiger partial charge in [0, 0.05) is 17.2 Å². The lowest BCUT2D eigenvalue weighted by Crippen LogP contribution is -2.26. The summed E-state index contributed by atoms with van der Waals surface area (Å²) in [5, 5.41) is 6.22. The molecular weight excluding hydrogens is 427 g/mol. The van der Waals surface area contributed by atoms with Gasteiger partial charge in [0.05, 0.1) is 35.9 Å². The number of benzene rings is 2. The summed E-state index contributed by atoms with van der Waals surface area (Å²) in [7, 11) is 1.80. The van der Waals surface area contributed by atoms with Crippen LogP contribution in [0.3, 0.4) is 0 Å². The first kappa shape index (κ1) is 19.0. The molecule has 0 radical (unpaired) electrons. The van der Waals surface area contributed by atoms with Gasteiger partial charge < -0.3 is 15.5 Å². The molecule has 6 nitrogen and oxygen atoms in total. The van der Waals surface area contributed by atoms with E-state index in [1.165, 1.54) is 0 Å². The minimum Gasteiger partial charge on any atom is -0.366 e. The Morgan fingerprint density at radius 3 is 2.89 bits per heavy atom. The van der Waals surface area contributed by atoms with Crippen molar-refractivity contribution < 1.29 is 14.0 Å². The van der Waals surface area contributed by atoms with Crippen molar-refractivity contribution in [3.63, 3.8) is 0 Å². The number of nitrogens with zero attached hydrogens (tertiary/aromatic N) is 1. The minimum absolute atomic E-state index is 0.132. The van der Waals surface area contributed by atoms with E-state index in [0.717, 1.165) is 28.6 Å². The van der Waals surface area contributed by atoms with E-state index in [4.69, 9.17) is 4.84 Å². The van der Waals surface area contributed by atoms with Gasteiger partial charge in [-0.25, -0.2) is 9.87 Å². The monoisotopic (exact) mass is 448 g/mol. The quantitative estimate of drug-likeness (QED) is 0.566. The van der Waals surface area contributed by atoms with Crippen LogP contribution in [0.5, 0.6) is 0 Å².